The summed E-state index contributed by atoms with van der Waals surface area (Å²) in [6, 6.07) is 21.1. The van der Waals surface area contributed by atoms with Crippen LogP contribution >= 0.6 is 0 Å². The smallest absolute Gasteiger partial charge is 0.337 e. The number of fused-ring (bicyclic) bond motifs is 1. The lowest BCUT2D eigenvalue weighted by Crippen LogP contribution is -2.39. The van der Waals surface area contributed by atoms with Crippen LogP contribution in [-0.2, 0) is 6.42 Å². The van der Waals surface area contributed by atoms with Gasteiger partial charge in [0.25, 0.3) is 0 Å². The van der Waals surface area contributed by atoms with Crippen LogP contribution in [0.25, 0.3) is 11.1 Å². The number of nitrogens with one attached hydrogen (secondary N) is 2. The van der Waals surface area contributed by atoms with E-state index in [1.54, 1.807) is 6.07 Å². The Balaban J connectivity index is 1.31. The normalized spacial score (nSPS) is 15.4. The van der Waals surface area contributed by atoms with Crippen LogP contribution in [0.5, 0.6) is 11.5 Å². The Morgan fingerprint density at radius 1 is 1.11 bits per heavy atom. The zero-order valence-corrected chi connectivity index (χ0v) is 21.3. The molecule has 0 bridgehead atoms. The predicted octanol–water partition coefficient (Wildman–Crippen LogP) is 4.99. The van der Waals surface area contributed by atoms with Crippen molar-refractivity contribution in [2.24, 2.45) is 0 Å². The van der Waals surface area contributed by atoms with E-state index in [2.05, 4.69) is 23.6 Å². The molecule has 1 heterocycles. The van der Waals surface area contributed by atoms with E-state index >= 15 is 0 Å². The molecule has 4 N–H and O–H groups in total. The van der Waals surface area contributed by atoms with E-state index in [1.165, 1.54) is 0 Å². The summed E-state index contributed by atoms with van der Waals surface area (Å²) in [6.07, 6.45) is 3.22. The van der Waals surface area contributed by atoms with Crippen molar-refractivity contribution >= 4 is 11.7 Å². The van der Waals surface area contributed by atoms with Crippen LogP contribution in [0.3, 0.4) is 0 Å². The highest BCUT2D eigenvalue weighted by atomic mass is 16.5. The zero-order chi connectivity index (χ0) is 26.0. The zero-order valence-electron chi connectivity index (χ0n) is 21.3. The number of ether oxygens (including phenoxy) is 2. The molecule has 0 fully saturated rings. The molecule has 1 aliphatic heterocycles. The Kier molecular flexibility index (Phi) is 9.40. The SMILES string of the molecule is CCCCNc1cc(-c2ccc3c(c2)CC[C@H](CNC[C@H](O)COc2ccccc2)O3)ccc1C(=O)O. The van der Waals surface area contributed by atoms with Crippen molar-refractivity contribution in [2.45, 2.75) is 44.8 Å². The van der Waals surface area contributed by atoms with E-state index in [1.807, 2.05) is 54.6 Å². The number of unbranched alkanes of at least 4 members (excludes halogenated alkanes) is 1. The lowest BCUT2D eigenvalue weighted by atomic mass is 9.96. The number of aryl methyl sites for hydroxylation is 1. The topological polar surface area (TPSA) is 100 Å². The largest absolute Gasteiger partial charge is 0.491 e. The number of benzene rings is 3. The number of carboxylic acids is 1. The summed E-state index contributed by atoms with van der Waals surface area (Å²) in [5.74, 6) is 0.688. The van der Waals surface area contributed by atoms with E-state index in [9.17, 15) is 15.0 Å². The Bertz CT molecular complexity index is 1170. The molecule has 0 saturated heterocycles. The van der Waals surface area contributed by atoms with Crippen LogP contribution in [-0.4, -0.2) is 54.6 Å². The molecule has 0 amide bonds. The number of hydrogen-bond acceptors (Lipinski definition) is 6. The lowest BCUT2D eigenvalue weighted by molar-refractivity contribution is 0.0698. The molecule has 0 aromatic heterocycles. The van der Waals surface area contributed by atoms with E-state index in [0.717, 1.165) is 60.4 Å². The molecule has 1 aliphatic rings. The van der Waals surface area contributed by atoms with Crippen LogP contribution in [0.1, 0.15) is 42.1 Å². The number of aromatic carboxylic acids is 1. The second kappa shape index (κ2) is 13.1. The fourth-order valence-electron chi connectivity index (χ4n) is 4.40. The Morgan fingerprint density at radius 2 is 1.89 bits per heavy atom. The van der Waals surface area contributed by atoms with Gasteiger partial charge in [-0.25, -0.2) is 4.79 Å². The maximum Gasteiger partial charge on any atom is 0.337 e. The Hall–Kier alpha value is -3.55. The van der Waals surface area contributed by atoms with E-state index < -0.39 is 12.1 Å². The molecule has 7 heteroatoms. The molecule has 0 saturated carbocycles. The average molecular weight is 505 g/mol. The highest BCUT2D eigenvalue weighted by molar-refractivity contribution is 5.95. The standard InChI is InChI=1S/C30H36N2O5/c1-2-3-15-32-28-17-22(10-13-27(28)30(34)35)21-11-14-29-23(16-21)9-12-26(37-29)19-31-18-24(33)20-36-25-7-5-4-6-8-25/h4-8,10-11,13-14,16-17,24,26,31-33H,2-3,9,12,15,18-20H2,1H3,(H,34,35)/t24-,26+/m0/s1. The summed E-state index contributed by atoms with van der Waals surface area (Å²) in [7, 11) is 0. The van der Waals surface area contributed by atoms with Gasteiger partial charge in [0.05, 0.1) is 5.56 Å². The van der Waals surface area contributed by atoms with Crippen molar-refractivity contribution in [3.63, 3.8) is 0 Å². The Labute approximate surface area is 218 Å². The van der Waals surface area contributed by atoms with Crippen LogP contribution in [0, 0.1) is 0 Å². The molecule has 3 aromatic carbocycles. The summed E-state index contributed by atoms with van der Waals surface area (Å²) in [4.78, 5) is 11.6. The molecule has 2 atom stereocenters. The number of carbonyl (C=O) groups is 1. The Morgan fingerprint density at radius 3 is 2.68 bits per heavy atom. The van der Waals surface area contributed by atoms with Crippen LogP contribution in [0.4, 0.5) is 5.69 Å². The minimum Gasteiger partial charge on any atom is -0.491 e. The minimum atomic E-state index is -0.930. The second-order valence-corrected chi connectivity index (χ2v) is 9.38. The first-order chi connectivity index (χ1) is 18.0. The van der Waals surface area contributed by atoms with Crippen molar-refractivity contribution in [3.05, 3.63) is 77.9 Å². The molecule has 196 valence electrons. The number of carboxylic acid groups (broad SMARTS) is 1. The van der Waals surface area contributed by atoms with Gasteiger partial charge in [-0.15, -0.1) is 0 Å². The first-order valence-corrected chi connectivity index (χ1v) is 13.0. The predicted molar refractivity (Wildman–Crippen MR) is 146 cm³/mol. The molecule has 0 spiro atoms. The minimum absolute atomic E-state index is 0.0322. The van der Waals surface area contributed by atoms with Gasteiger partial charge in [0, 0.05) is 25.3 Å². The maximum atomic E-state index is 11.6. The van der Waals surface area contributed by atoms with Crippen molar-refractivity contribution in [2.75, 3.05) is 31.6 Å². The average Bonchev–Trinajstić information content (AvgIpc) is 2.92. The quantitative estimate of drug-likeness (QED) is 0.244. The third-order valence-corrected chi connectivity index (χ3v) is 6.46. The van der Waals surface area contributed by atoms with Gasteiger partial charge in [0.1, 0.15) is 30.3 Å². The summed E-state index contributed by atoms with van der Waals surface area (Å²) in [5.41, 5.74) is 4.09. The molecular weight excluding hydrogens is 468 g/mol. The monoisotopic (exact) mass is 504 g/mol. The van der Waals surface area contributed by atoms with Gasteiger partial charge >= 0.3 is 5.97 Å². The van der Waals surface area contributed by atoms with E-state index in [-0.39, 0.29) is 18.3 Å². The molecule has 3 aromatic rings. The third-order valence-electron chi connectivity index (χ3n) is 6.46. The number of rotatable bonds is 13. The van der Waals surface area contributed by atoms with Crippen molar-refractivity contribution in [1.29, 1.82) is 0 Å². The molecule has 4 rings (SSSR count). The lowest BCUT2D eigenvalue weighted by Gasteiger charge is -2.27. The number of para-hydroxylation sites is 1. The number of hydrogen-bond donors (Lipinski definition) is 4. The first kappa shape index (κ1) is 26.5. The fourth-order valence-corrected chi connectivity index (χ4v) is 4.40. The third kappa shape index (κ3) is 7.47. The van der Waals surface area contributed by atoms with Crippen LogP contribution in [0.2, 0.25) is 0 Å². The van der Waals surface area contributed by atoms with Gasteiger partial charge < -0.3 is 30.3 Å². The molecule has 37 heavy (non-hydrogen) atoms. The molecular formula is C30H36N2O5. The van der Waals surface area contributed by atoms with E-state index in [4.69, 9.17) is 9.47 Å². The summed E-state index contributed by atoms with van der Waals surface area (Å²) in [6.45, 7) is 4.16. The van der Waals surface area contributed by atoms with Crippen molar-refractivity contribution < 1.29 is 24.5 Å². The number of aliphatic hydroxyl groups excluding tert-OH is 1. The first-order valence-electron chi connectivity index (χ1n) is 13.0. The molecule has 0 unspecified atom stereocenters. The van der Waals surface area contributed by atoms with Gasteiger partial charge in [-0.2, -0.15) is 0 Å². The highest BCUT2D eigenvalue weighted by Gasteiger charge is 2.21. The van der Waals surface area contributed by atoms with Gasteiger partial charge in [-0.1, -0.05) is 43.7 Å². The summed E-state index contributed by atoms with van der Waals surface area (Å²) < 4.78 is 11.8. The van der Waals surface area contributed by atoms with Gasteiger partial charge in [0.2, 0.25) is 0 Å². The maximum absolute atomic E-state index is 11.6. The molecule has 7 nitrogen and oxygen atoms in total. The van der Waals surface area contributed by atoms with Crippen molar-refractivity contribution in [3.8, 4) is 22.6 Å². The van der Waals surface area contributed by atoms with E-state index in [0.29, 0.717) is 18.8 Å². The fraction of sp³-hybridized carbons (Fsp3) is 0.367. The number of aliphatic hydroxyl groups is 1. The van der Waals surface area contributed by atoms with Crippen molar-refractivity contribution in [1.82, 2.24) is 5.32 Å². The molecule has 0 aliphatic carbocycles. The van der Waals surface area contributed by atoms with Gasteiger partial charge in [-0.05, 0) is 72.4 Å². The highest BCUT2D eigenvalue weighted by Crippen LogP contribution is 2.33. The summed E-state index contributed by atoms with van der Waals surface area (Å²) >= 11 is 0. The van der Waals surface area contributed by atoms with Crippen LogP contribution < -0.4 is 20.1 Å². The van der Waals surface area contributed by atoms with Gasteiger partial charge in [0.15, 0.2) is 0 Å². The number of anilines is 1. The van der Waals surface area contributed by atoms with Crippen LogP contribution in [0.15, 0.2) is 66.7 Å². The summed E-state index contributed by atoms with van der Waals surface area (Å²) in [5, 5.41) is 26.3. The van der Waals surface area contributed by atoms with Gasteiger partial charge in [-0.3, -0.25) is 0 Å². The molecule has 0 radical (unpaired) electrons. The second-order valence-electron chi connectivity index (χ2n) is 9.38.